The minimum atomic E-state index is -1.32. The summed E-state index contributed by atoms with van der Waals surface area (Å²) < 4.78 is 1.96. The van der Waals surface area contributed by atoms with Crippen LogP contribution in [0.5, 0.6) is 0 Å². The van der Waals surface area contributed by atoms with Crippen LogP contribution in [-0.2, 0) is 13.0 Å². The third kappa shape index (κ3) is 3.26. The lowest BCUT2D eigenvalue weighted by atomic mass is 10.2. The van der Waals surface area contributed by atoms with Crippen molar-refractivity contribution in [3.63, 3.8) is 0 Å². The molecule has 2 aromatic rings. The molecule has 0 aliphatic heterocycles. The van der Waals surface area contributed by atoms with E-state index in [2.05, 4.69) is 60.4 Å². The molecule has 0 saturated carbocycles. The van der Waals surface area contributed by atoms with Gasteiger partial charge in [0.2, 0.25) is 0 Å². The maximum absolute atomic E-state index is 4.27. The largest absolute Gasteiger partial charge is 0.252 e. The van der Waals surface area contributed by atoms with Crippen molar-refractivity contribution >= 4 is 13.4 Å². The fourth-order valence-electron chi connectivity index (χ4n) is 1.64. The van der Waals surface area contributed by atoms with Gasteiger partial charge in [-0.25, -0.2) is 0 Å². The number of hydrogen-bond acceptors (Lipinski definition) is 2. The van der Waals surface area contributed by atoms with Crippen molar-refractivity contribution in [1.82, 2.24) is 15.0 Å². The van der Waals surface area contributed by atoms with E-state index in [0.29, 0.717) is 0 Å². The molecular weight excluding hydrogens is 226 g/mol. The summed E-state index contributed by atoms with van der Waals surface area (Å²) in [6.45, 7) is 7.77. The first kappa shape index (κ1) is 12.0. The maximum atomic E-state index is 4.27. The lowest BCUT2D eigenvalue weighted by Crippen LogP contribution is -2.38. The normalized spacial score (nSPS) is 11.7. The third-order valence-corrected chi connectivity index (χ3v) is 4.55. The van der Waals surface area contributed by atoms with Crippen LogP contribution in [0.15, 0.2) is 36.5 Å². The van der Waals surface area contributed by atoms with Gasteiger partial charge in [0.05, 0.1) is 5.32 Å². The summed E-state index contributed by atoms with van der Waals surface area (Å²) in [7, 11) is -1.32. The van der Waals surface area contributed by atoms with E-state index >= 15 is 0 Å². The van der Waals surface area contributed by atoms with E-state index in [9.17, 15) is 0 Å². The molecule has 17 heavy (non-hydrogen) atoms. The number of benzene rings is 1. The van der Waals surface area contributed by atoms with Crippen molar-refractivity contribution in [3.05, 3.63) is 42.1 Å². The van der Waals surface area contributed by atoms with Crippen LogP contribution in [0.3, 0.4) is 0 Å². The van der Waals surface area contributed by atoms with E-state index in [-0.39, 0.29) is 0 Å². The molecule has 0 radical (unpaired) electrons. The van der Waals surface area contributed by atoms with Gasteiger partial charge in [0, 0.05) is 12.7 Å². The molecule has 0 N–H and O–H groups in total. The highest BCUT2D eigenvalue weighted by Gasteiger charge is 2.20. The molecule has 3 nitrogen and oxygen atoms in total. The Bertz CT molecular complexity index is 471. The molecule has 0 spiro atoms. The molecule has 0 atom stereocenters. The Morgan fingerprint density at radius 2 is 1.82 bits per heavy atom. The van der Waals surface area contributed by atoms with Crippen LogP contribution in [0.4, 0.5) is 0 Å². The molecule has 0 amide bonds. The summed E-state index contributed by atoms with van der Waals surface area (Å²) in [6.07, 6.45) is 3.12. The lowest BCUT2D eigenvalue weighted by Gasteiger charge is -2.09. The number of hydrogen-bond donors (Lipinski definition) is 0. The van der Waals surface area contributed by atoms with Crippen molar-refractivity contribution < 1.29 is 0 Å². The van der Waals surface area contributed by atoms with E-state index < -0.39 is 8.07 Å². The first-order chi connectivity index (χ1) is 8.05. The zero-order valence-corrected chi connectivity index (χ0v) is 11.7. The van der Waals surface area contributed by atoms with Gasteiger partial charge in [0.1, 0.15) is 8.07 Å². The fourth-order valence-corrected chi connectivity index (χ4v) is 2.52. The molecule has 1 aromatic carbocycles. The average molecular weight is 245 g/mol. The van der Waals surface area contributed by atoms with E-state index in [1.165, 1.54) is 10.9 Å². The van der Waals surface area contributed by atoms with Crippen LogP contribution in [0.1, 0.15) is 5.56 Å². The van der Waals surface area contributed by atoms with Crippen LogP contribution in [0.2, 0.25) is 19.6 Å². The van der Waals surface area contributed by atoms with Gasteiger partial charge in [-0.05, 0) is 12.0 Å². The van der Waals surface area contributed by atoms with E-state index in [1.807, 2.05) is 10.7 Å². The highest BCUT2D eigenvalue weighted by molar-refractivity contribution is 6.88. The molecule has 0 bridgehead atoms. The quantitative estimate of drug-likeness (QED) is 0.772. The summed E-state index contributed by atoms with van der Waals surface area (Å²) in [5.74, 6) is 0. The van der Waals surface area contributed by atoms with Gasteiger partial charge < -0.3 is 0 Å². The maximum Gasteiger partial charge on any atom is 0.106 e. The first-order valence-corrected chi connectivity index (χ1v) is 9.50. The fraction of sp³-hybridized carbons (Fsp3) is 0.385. The Morgan fingerprint density at radius 3 is 2.41 bits per heavy atom. The molecule has 0 aliphatic rings. The summed E-state index contributed by atoms with van der Waals surface area (Å²) >= 11 is 0. The number of rotatable bonds is 4. The molecule has 0 saturated heterocycles. The molecule has 0 fully saturated rings. The van der Waals surface area contributed by atoms with E-state index in [1.54, 1.807) is 0 Å². The zero-order valence-electron chi connectivity index (χ0n) is 10.7. The Labute approximate surface area is 103 Å². The van der Waals surface area contributed by atoms with Crippen LogP contribution in [-0.4, -0.2) is 23.1 Å². The summed E-state index contributed by atoms with van der Waals surface area (Å²) in [5, 5.41) is 9.66. The van der Waals surface area contributed by atoms with Gasteiger partial charge in [0.25, 0.3) is 0 Å². The van der Waals surface area contributed by atoms with E-state index in [0.717, 1.165) is 13.0 Å². The second kappa shape index (κ2) is 4.83. The van der Waals surface area contributed by atoms with Gasteiger partial charge in [-0.3, -0.25) is 4.68 Å². The minimum Gasteiger partial charge on any atom is -0.252 e. The summed E-state index contributed by atoms with van der Waals surface area (Å²) in [5.41, 5.74) is 1.34. The second-order valence-electron chi connectivity index (χ2n) is 5.35. The SMILES string of the molecule is C[Si](C)(C)c1cn(CCc2ccccc2)nn1. The smallest absolute Gasteiger partial charge is 0.106 e. The van der Waals surface area contributed by atoms with Gasteiger partial charge in [-0.2, -0.15) is 0 Å². The Morgan fingerprint density at radius 1 is 1.12 bits per heavy atom. The van der Waals surface area contributed by atoms with Crippen molar-refractivity contribution in [2.45, 2.75) is 32.6 Å². The predicted molar refractivity (Wildman–Crippen MR) is 73.1 cm³/mol. The highest BCUT2D eigenvalue weighted by atomic mass is 28.3. The highest BCUT2D eigenvalue weighted by Crippen LogP contribution is 2.02. The zero-order chi connectivity index (χ0) is 12.3. The average Bonchev–Trinajstić information content (AvgIpc) is 2.76. The van der Waals surface area contributed by atoms with Crippen LogP contribution in [0, 0.1) is 0 Å². The first-order valence-electron chi connectivity index (χ1n) is 6.00. The number of nitrogens with zero attached hydrogens (tertiary/aromatic N) is 3. The molecule has 0 aliphatic carbocycles. The Hall–Kier alpha value is -1.42. The Balaban J connectivity index is 1.99. The Kier molecular flexibility index (Phi) is 3.42. The lowest BCUT2D eigenvalue weighted by molar-refractivity contribution is 0.589. The third-order valence-electron chi connectivity index (χ3n) is 2.78. The van der Waals surface area contributed by atoms with Gasteiger partial charge in [0.15, 0.2) is 0 Å². The van der Waals surface area contributed by atoms with Crippen molar-refractivity contribution in [2.75, 3.05) is 0 Å². The van der Waals surface area contributed by atoms with Crippen LogP contribution in [0.25, 0.3) is 0 Å². The van der Waals surface area contributed by atoms with Crippen molar-refractivity contribution in [1.29, 1.82) is 0 Å². The van der Waals surface area contributed by atoms with Gasteiger partial charge >= 0.3 is 0 Å². The van der Waals surface area contributed by atoms with E-state index in [4.69, 9.17) is 0 Å². The minimum absolute atomic E-state index is 0.904. The predicted octanol–water partition coefficient (Wildman–Crippen LogP) is 2.07. The van der Waals surface area contributed by atoms with Gasteiger partial charge in [-0.1, -0.05) is 55.2 Å². The molecule has 1 heterocycles. The summed E-state index contributed by atoms with van der Waals surface area (Å²) in [4.78, 5) is 0. The molecule has 0 unspecified atom stereocenters. The number of aromatic nitrogens is 3. The standard InChI is InChI=1S/C13H19N3Si/c1-17(2,3)13-11-16(15-14-13)10-9-12-7-5-4-6-8-12/h4-8,11H,9-10H2,1-3H3. The van der Waals surface area contributed by atoms with Crippen LogP contribution >= 0.6 is 0 Å². The number of aryl methyl sites for hydroxylation is 2. The second-order valence-corrected chi connectivity index (χ2v) is 10.4. The molecule has 2 rings (SSSR count). The monoisotopic (exact) mass is 245 g/mol. The van der Waals surface area contributed by atoms with Crippen molar-refractivity contribution in [2.24, 2.45) is 0 Å². The molecule has 90 valence electrons. The molecule has 4 heteroatoms. The summed E-state index contributed by atoms with van der Waals surface area (Å²) in [6, 6.07) is 10.5. The molecule has 1 aromatic heterocycles. The molecular formula is C13H19N3Si. The van der Waals surface area contributed by atoms with Crippen LogP contribution < -0.4 is 5.32 Å². The van der Waals surface area contributed by atoms with Crippen molar-refractivity contribution in [3.8, 4) is 0 Å². The topological polar surface area (TPSA) is 30.7 Å². The van der Waals surface area contributed by atoms with Gasteiger partial charge in [-0.15, -0.1) is 5.10 Å².